The summed E-state index contributed by atoms with van der Waals surface area (Å²) in [6.07, 6.45) is 3.89. The third kappa shape index (κ3) is 4.06. The number of anilines is 2. The zero-order valence-electron chi connectivity index (χ0n) is 17.4. The van der Waals surface area contributed by atoms with Crippen LogP contribution in [0, 0.1) is 0 Å². The van der Waals surface area contributed by atoms with Crippen LogP contribution in [0.15, 0.2) is 73.1 Å². The largest absolute Gasteiger partial charge is 0.465 e. The molecule has 0 saturated carbocycles. The monoisotopic (exact) mass is 399 g/mol. The number of carbonyl (C=O) groups excluding carboxylic acids is 1. The number of methoxy groups -OCH3 is 1. The predicted molar refractivity (Wildman–Crippen MR) is 120 cm³/mol. The van der Waals surface area contributed by atoms with Crippen molar-refractivity contribution in [1.82, 2.24) is 9.55 Å². The van der Waals surface area contributed by atoms with Gasteiger partial charge in [0.25, 0.3) is 0 Å². The van der Waals surface area contributed by atoms with Gasteiger partial charge in [0.2, 0.25) is 0 Å². The molecule has 0 radical (unpaired) electrons. The third-order valence-corrected chi connectivity index (χ3v) is 5.21. The average molecular weight is 399 g/mol. The lowest BCUT2D eigenvalue weighted by atomic mass is 10.0. The van der Waals surface area contributed by atoms with E-state index in [1.807, 2.05) is 18.2 Å². The van der Waals surface area contributed by atoms with Crippen LogP contribution in [-0.2, 0) is 11.3 Å². The van der Waals surface area contributed by atoms with Crippen molar-refractivity contribution in [3.63, 3.8) is 0 Å². The van der Waals surface area contributed by atoms with Crippen molar-refractivity contribution in [2.24, 2.45) is 0 Å². The number of nitrogens with one attached hydrogen (secondary N) is 1. The minimum Gasteiger partial charge on any atom is -0.465 e. The number of esters is 1. The molecule has 0 fully saturated rings. The van der Waals surface area contributed by atoms with Crippen molar-refractivity contribution < 1.29 is 9.53 Å². The molecule has 152 valence electrons. The second kappa shape index (κ2) is 8.41. The molecule has 0 atom stereocenters. The molecule has 5 heteroatoms. The first kappa shape index (κ1) is 19.7. The fourth-order valence-corrected chi connectivity index (χ4v) is 3.49. The molecule has 0 saturated heterocycles. The fraction of sp³-hybridized carbons (Fsp3) is 0.200. The number of benzene rings is 2. The summed E-state index contributed by atoms with van der Waals surface area (Å²) in [6, 6.07) is 20.5. The first-order valence-corrected chi connectivity index (χ1v) is 10.0. The second-order valence-electron chi connectivity index (χ2n) is 7.64. The van der Waals surface area contributed by atoms with Gasteiger partial charge in [-0.25, -0.2) is 9.78 Å². The Hall–Kier alpha value is -3.60. The zero-order valence-corrected chi connectivity index (χ0v) is 17.4. The first-order valence-electron chi connectivity index (χ1n) is 10.0. The molecule has 4 rings (SSSR count). The fourth-order valence-electron chi connectivity index (χ4n) is 3.49. The van der Waals surface area contributed by atoms with Gasteiger partial charge in [0.15, 0.2) is 0 Å². The normalized spacial score (nSPS) is 11.1. The van der Waals surface area contributed by atoms with Crippen LogP contribution in [0.25, 0.3) is 10.9 Å². The topological polar surface area (TPSA) is 56.1 Å². The van der Waals surface area contributed by atoms with Crippen LogP contribution < -0.4 is 5.32 Å². The molecular weight excluding hydrogens is 374 g/mol. The van der Waals surface area contributed by atoms with E-state index in [4.69, 9.17) is 4.74 Å². The number of pyridine rings is 1. The molecule has 0 amide bonds. The minimum absolute atomic E-state index is 0.274. The van der Waals surface area contributed by atoms with Gasteiger partial charge in [0.1, 0.15) is 11.4 Å². The molecule has 0 spiro atoms. The maximum atomic E-state index is 12.3. The number of rotatable bonds is 6. The summed E-state index contributed by atoms with van der Waals surface area (Å²) in [5, 5.41) is 4.40. The van der Waals surface area contributed by atoms with Crippen molar-refractivity contribution in [3.05, 3.63) is 89.7 Å². The summed E-state index contributed by atoms with van der Waals surface area (Å²) < 4.78 is 7.18. The summed E-state index contributed by atoms with van der Waals surface area (Å²) in [5.74, 6) is 0.368. The highest BCUT2D eigenvalue weighted by atomic mass is 16.5. The van der Waals surface area contributed by atoms with Crippen molar-refractivity contribution in [3.8, 4) is 0 Å². The number of hydrogen-bond acceptors (Lipinski definition) is 4. The quantitative estimate of drug-likeness (QED) is 0.420. The molecule has 0 unspecified atom stereocenters. The van der Waals surface area contributed by atoms with E-state index in [9.17, 15) is 4.79 Å². The molecule has 1 N–H and O–H groups in total. The van der Waals surface area contributed by atoms with Crippen LogP contribution in [0.2, 0.25) is 0 Å². The Morgan fingerprint density at radius 1 is 1.10 bits per heavy atom. The molecule has 5 nitrogen and oxygen atoms in total. The lowest BCUT2D eigenvalue weighted by Gasteiger charge is -2.13. The lowest BCUT2D eigenvalue weighted by Crippen LogP contribution is -2.09. The molecule has 2 heterocycles. The highest BCUT2D eigenvalue weighted by molar-refractivity contribution is 5.96. The molecule has 30 heavy (non-hydrogen) atoms. The number of hydrogen-bond donors (Lipinski definition) is 1. The van der Waals surface area contributed by atoms with E-state index < -0.39 is 5.97 Å². The summed E-state index contributed by atoms with van der Waals surface area (Å²) in [7, 11) is 1.38. The lowest BCUT2D eigenvalue weighted by molar-refractivity contribution is 0.0601. The summed E-state index contributed by atoms with van der Waals surface area (Å²) in [6.45, 7) is 4.96. The van der Waals surface area contributed by atoms with E-state index in [0.717, 1.165) is 28.7 Å². The van der Waals surface area contributed by atoms with E-state index in [1.165, 1.54) is 12.7 Å². The van der Waals surface area contributed by atoms with Gasteiger partial charge in [0.05, 0.1) is 7.11 Å². The van der Waals surface area contributed by atoms with Gasteiger partial charge in [0, 0.05) is 35.5 Å². The predicted octanol–water partition coefficient (Wildman–Crippen LogP) is 5.74. The van der Waals surface area contributed by atoms with Gasteiger partial charge >= 0.3 is 5.97 Å². The Morgan fingerprint density at radius 2 is 1.90 bits per heavy atom. The molecule has 0 bridgehead atoms. The number of fused-ring (bicyclic) bond motifs is 1. The minimum atomic E-state index is -0.400. The highest BCUT2D eigenvalue weighted by Gasteiger charge is 2.16. The molecule has 2 aromatic carbocycles. The summed E-state index contributed by atoms with van der Waals surface area (Å²) in [4.78, 5) is 16.8. The smallest absolute Gasteiger partial charge is 0.341 e. The van der Waals surface area contributed by atoms with Crippen LogP contribution in [-0.4, -0.2) is 22.6 Å². The van der Waals surface area contributed by atoms with Crippen molar-refractivity contribution in [1.29, 1.82) is 0 Å². The van der Waals surface area contributed by atoms with Crippen LogP contribution in [0.1, 0.15) is 41.3 Å². The SMILES string of the molecule is COC(=O)c1cc(C(C)C)cnc1Nc1ccc2c(ccn2Cc2ccccc2)c1. The van der Waals surface area contributed by atoms with Crippen LogP contribution >= 0.6 is 0 Å². The number of aromatic nitrogens is 2. The number of carbonyl (C=O) groups is 1. The molecule has 0 aliphatic carbocycles. The van der Waals surface area contributed by atoms with Crippen molar-refractivity contribution >= 4 is 28.4 Å². The molecular formula is C25H25N3O2. The Kier molecular flexibility index (Phi) is 5.53. The van der Waals surface area contributed by atoms with Crippen LogP contribution in [0.3, 0.4) is 0 Å². The van der Waals surface area contributed by atoms with Gasteiger partial charge < -0.3 is 14.6 Å². The number of nitrogens with zero attached hydrogens (tertiary/aromatic N) is 2. The van der Waals surface area contributed by atoms with Gasteiger partial charge in [-0.3, -0.25) is 0 Å². The Labute approximate surface area is 176 Å². The van der Waals surface area contributed by atoms with Crippen LogP contribution in [0.5, 0.6) is 0 Å². The molecule has 2 aromatic heterocycles. The molecule has 4 aromatic rings. The van der Waals surface area contributed by atoms with E-state index in [0.29, 0.717) is 11.4 Å². The van der Waals surface area contributed by atoms with E-state index in [-0.39, 0.29) is 5.92 Å². The van der Waals surface area contributed by atoms with Gasteiger partial charge in [-0.05, 0) is 47.4 Å². The second-order valence-corrected chi connectivity index (χ2v) is 7.64. The van der Waals surface area contributed by atoms with Crippen molar-refractivity contribution in [2.45, 2.75) is 26.3 Å². The maximum Gasteiger partial charge on any atom is 0.341 e. The molecule has 0 aliphatic heterocycles. The van der Waals surface area contributed by atoms with E-state index in [1.54, 1.807) is 6.20 Å². The summed E-state index contributed by atoms with van der Waals surface area (Å²) >= 11 is 0. The maximum absolute atomic E-state index is 12.3. The Morgan fingerprint density at radius 3 is 2.63 bits per heavy atom. The average Bonchev–Trinajstić information content (AvgIpc) is 3.16. The van der Waals surface area contributed by atoms with E-state index in [2.05, 4.69) is 77.4 Å². The first-order chi connectivity index (χ1) is 14.5. The molecule has 0 aliphatic rings. The van der Waals surface area contributed by atoms with E-state index >= 15 is 0 Å². The standard InChI is InChI=1S/C25H25N3O2/c1-17(2)20-14-22(25(29)30-3)24(26-15-20)27-21-9-10-23-19(13-21)11-12-28(23)16-18-7-5-4-6-8-18/h4-15,17H,16H2,1-3H3,(H,26,27). The van der Waals surface area contributed by atoms with Gasteiger partial charge in [-0.15, -0.1) is 0 Å². The van der Waals surface area contributed by atoms with Crippen molar-refractivity contribution in [2.75, 3.05) is 12.4 Å². The van der Waals surface area contributed by atoms with Crippen LogP contribution in [0.4, 0.5) is 11.5 Å². The number of ether oxygens (including phenoxy) is 1. The Bertz CT molecular complexity index is 1180. The summed E-state index contributed by atoms with van der Waals surface area (Å²) in [5.41, 5.74) is 4.71. The zero-order chi connectivity index (χ0) is 21.1. The third-order valence-electron chi connectivity index (χ3n) is 5.21. The Balaban J connectivity index is 1.62. The van der Waals surface area contributed by atoms with Gasteiger partial charge in [-0.1, -0.05) is 44.2 Å². The van der Waals surface area contributed by atoms with Gasteiger partial charge in [-0.2, -0.15) is 0 Å². The highest BCUT2D eigenvalue weighted by Crippen LogP contribution is 2.27.